The summed E-state index contributed by atoms with van der Waals surface area (Å²) in [6, 6.07) is 1.67. The number of nitrogens with zero attached hydrogens (tertiary/aromatic N) is 1. The summed E-state index contributed by atoms with van der Waals surface area (Å²) in [5, 5.41) is 0. The second-order valence-corrected chi connectivity index (χ2v) is 4.11. The Morgan fingerprint density at radius 3 is 2.84 bits per heavy atom. The predicted octanol–water partition coefficient (Wildman–Crippen LogP) is 1.52. The van der Waals surface area contributed by atoms with Gasteiger partial charge in [0.25, 0.3) is 0 Å². The maximum Gasteiger partial charge on any atom is 0.358 e. The molecular formula is C13H15NO5. The first-order valence-electron chi connectivity index (χ1n) is 5.92. The summed E-state index contributed by atoms with van der Waals surface area (Å²) < 4.78 is 15.5. The van der Waals surface area contributed by atoms with Gasteiger partial charge in [0, 0.05) is 14.0 Å². The highest BCUT2D eigenvalue weighted by molar-refractivity contribution is 5.98. The molecule has 1 aromatic heterocycles. The molecule has 0 atom stereocenters. The second-order valence-electron chi connectivity index (χ2n) is 4.11. The molecule has 0 aliphatic carbocycles. The van der Waals surface area contributed by atoms with Crippen molar-refractivity contribution in [2.75, 3.05) is 13.7 Å². The third-order valence-electron chi connectivity index (χ3n) is 2.68. The molecule has 0 amide bonds. The van der Waals surface area contributed by atoms with Gasteiger partial charge < -0.3 is 18.8 Å². The van der Waals surface area contributed by atoms with E-state index in [9.17, 15) is 9.59 Å². The number of carbonyl (C=O) groups is 2. The lowest BCUT2D eigenvalue weighted by molar-refractivity contribution is -0.140. The van der Waals surface area contributed by atoms with Crippen molar-refractivity contribution in [3.05, 3.63) is 29.4 Å². The molecule has 2 heterocycles. The molecule has 0 radical (unpaired) electrons. The van der Waals surface area contributed by atoms with Crippen LogP contribution in [-0.4, -0.2) is 30.5 Å². The van der Waals surface area contributed by atoms with Gasteiger partial charge in [-0.25, -0.2) is 4.79 Å². The van der Waals surface area contributed by atoms with Gasteiger partial charge in [-0.15, -0.1) is 0 Å². The number of likely N-dealkylation sites (N-methyl/N-ethyl adjacent to an activating group) is 1. The molecule has 0 aromatic carbocycles. The number of carbonyl (C=O) groups excluding carboxylic acids is 2. The van der Waals surface area contributed by atoms with E-state index in [4.69, 9.17) is 13.9 Å². The van der Waals surface area contributed by atoms with Crippen LogP contribution < -0.4 is 0 Å². The Hall–Kier alpha value is -2.24. The second kappa shape index (κ2) is 5.17. The Morgan fingerprint density at radius 2 is 2.21 bits per heavy atom. The average Bonchev–Trinajstić information content (AvgIpc) is 2.76. The van der Waals surface area contributed by atoms with E-state index in [1.807, 2.05) is 0 Å². The van der Waals surface area contributed by atoms with Crippen molar-refractivity contribution in [3.63, 3.8) is 0 Å². The number of esters is 2. The van der Waals surface area contributed by atoms with Gasteiger partial charge in [-0.3, -0.25) is 4.79 Å². The number of ether oxygens (including phenoxy) is 2. The molecule has 0 spiro atoms. The van der Waals surface area contributed by atoms with Crippen molar-refractivity contribution < 1.29 is 23.5 Å². The Kier molecular flexibility index (Phi) is 3.59. The van der Waals surface area contributed by atoms with Gasteiger partial charge in [-0.1, -0.05) is 0 Å². The smallest absolute Gasteiger partial charge is 0.358 e. The van der Waals surface area contributed by atoms with E-state index in [1.54, 1.807) is 24.9 Å². The lowest BCUT2D eigenvalue weighted by atomic mass is 10.1. The van der Waals surface area contributed by atoms with Crippen molar-refractivity contribution in [2.24, 2.45) is 0 Å². The maximum absolute atomic E-state index is 12.0. The highest BCUT2D eigenvalue weighted by atomic mass is 16.5. The first-order valence-corrected chi connectivity index (χ1v) is 5.92. The van der Waals surface area contributed by atoms with Crippen LogP contribution in [0.5, 0.6) is 0 Å². The standard InChI is InChI=1S/C13H15NO5/c1-4-17-13(16)11-12(19-8(2)15)9-5-6-18-10(9)7-14(11)3/h5-6H,4,7H2,1-3H3. The number of furan rings is 1. The van der Waals surface area contributed by atoms with Crippen molar-refractivity contribution in [1.29, 1.82) is 0 Å². The highest BCUT2D eigenvalue weighted by Crippen LogP contribution is 2.33. The zero-order valence-corrected chi connectivity index (χ0v) is 11.1. The lowest BCUT2D eigenvalue weighted by Crippen LogP contribution is -2.30. The molecule has 1 aliphatic rings. The van der Waals surface area contributed by atoms with E-state index in [-0.39, 0.29) is 18.1 Å². The summed E-state index contributed by atoms with van der Waals surface area (Å²) in [4.78, 5) is 24.8. The van der Waals surface area contributed by atoms with Gasteiger partial charge in [0.2, 0.25) is 0 Å². The zero-order chi connectivity index (χ0) is 14.0. The minimum Gasteiger partial charge on any atom is -0.467 e. The Morgan fingerprint density at radius 1 is 1.47 bits per heavy atom. The molecule has 1 aliphatic heterocycles. The quantitative estimate of drug-likeness (QED) is 0.772. The van der Waals surface area contributed by atoms with Crippen LogP contribution in [-0.2, 0) is 25.6 Å². The normalized spacial score (nSPS) is 14.2. The number of rotatable bonds is 3. The van der Waals surface area contributed by atoms with Crippen LogP contribution in [0.25, 0.3) is 5.76 Å². The molecule has 0 N–H and O–H groups in total. The summed E-state index contributed by atoms with van der Waals surface area (Å²) in [6.45, 7) is 3.67. The first kappa shape index (κ1) is 13.2. The van der Waals surface area contributed by atoms with Gasteiger partial charge in [0.05, 0.1) is 25.0 Å². The van der Waals surface area contributed by atoms with Gasteiger partial charge >= 0.3 is 11.9 Å². The van der Waals surface area contributed by atoms with Crippen LogP contribution >= 0.6 is 0 Å². The number of hydrogen-bond donors (Lipinski definition) is 0. The SMILES string of the molecule is CCOC(=O)C1=C(OC(C)=O)c2ccoc2CN1C. The van der Waals surface area contributed by atoms with Crippen LogP contribution in [0.1, 0.15) is 25.2 Å². The third kappa shape index (κ3) is 2.47. The molecule has 6 heteroatoms. The van der Waals surface area contributed by atoms with Gasteiger partial charge in [0.1, 0.15) is 5.76 Å². The highest BCUT2D eigenvalue weighted by Gasteiger charge is 2.32. The van der Waals surface area contributed by atoms with Crippen LogP contribution in [0, 0.1) is 0 Å². The summed E-state index contributed by atoms with van der Waals surface area (Å²) in [5.41, 5.74) is 0.835. The molecule has 19 heavy (non-hydrogen) atoms. The molecule has 102 valence electrons. The van der Waals surface area contributed by atoms with Crippen molar-refractivity contribution >= 4 is 17.7 Å². The zero-order valence-electron chi connectivity index (χ0n) is 11.1. The van der Waals surface area contributed by atoms with Crippen molar-refractivity contribution in [2.45, 2.75) is 20.4 Å². The van der Waals surface area contributed by atoms with Gasteiger partial charge in [-0.2, -0.15) is 0 Å². The molecule has 0 unspecified atom stereocenters. The predicted molar refractivity (Wildman–Crippen MR) is 65.5 cm³/mol. The van der Waals surface area contributed by atoms with Gasteiger partial charge in [0.15, 0.2) is 11.5 Å². The summed E-state index contributed by atoms with van der Waals surface area (Å²) in [6.07, 6.45) is 1.50. The first-order chi connectivity index (χ1) is 9.04. The van der Waals surface area contributed by atoms with E-state index in [1.165, 1.54) is 13.2 Å². The van der Waals surface area contributed by atoms with E-state index in [0.717, 1.165) is 0 Å². The Bertz CT molecular complexity index is 543. The minimum atomic E-state index is -0.520. The van der Waals surface area contributed by atoms with Crippen molar-refractivity contribution in [3.8, 4) is 0 Å². The molecule has 6 nitrogen and oxygen atoms in total. The molecule has 1 aromatic rings. The Labute approximate surface area is 110 Å². The average molecular weight is 265 g/mol. The van der Waals surface area contributed by atoms with Crippen LogP contribution in [0.4, 0.5) is 0 Å². The summed E-state index contributed by atoms with van der Waals surface area (Å²) in [7, 11) is 1.71. The molecular weight excluding hydrogens is 250 g/mol. The van der Waals surface area contributed by atoms with Crippen LogP contribution in [0.3, 0.4) is 0 Å². The van der Waals surface area contributed by atoms with E-state index >= 15 is 0 Å². The molecule has 0 saturated heterocycles. The fourth-order valence-corrected chi connectivity index (χ4v) is 1.96. The molecule has 2 rings (SSSR count). The molecule has 0 fully saturated rings. The number of hydrogen-bond acceptors (Lipinski definition) is 6. The van der Waals surface area contributed by atoms with E-state index in [0.29, 0.717) is 17.9 Å². The third-order valence-corrected chi connectivity index (χ3v) is 2.68. The minimum absolute atomic E-state index is 0.184. The molecule has 0 bridgehead atoms. The monoisotopic (exact) mass is 265 g/mol. The van der Waals surface area contributed by atoms with Gasteiger partial charge in [-0.05, 0) is 13.0 Å². The van der Waals surface area contributed by atoms with E-state index < -0.39 is 11.9 Å². The van der Waals surface area contributed by atoms with E-state index in [2.05, 4.69) is 0 Å². The Balaban J connectivity index is 2.51. The maximum atomic E-state index is 12.0. The summed E-state index contributed by atoms with van der Waals surface area (Å²) in [5.74, 6) is -0.192. The molecule has 0 saturated carbocycles. The fourth-order valence-electron chi connectivity index (χ4n) is 1.96. The largest absolute Gasteiger partial charge is 0.467 e. The lowest BCUT2D eigenvalue weighted by Gasteiger charge is -2.27. The number of fused-ring (bicyclic) bond motifs is 1. The summed E-state index contributed by atoms with van der Waals surface area (Å²) >= 11 is 0. The van der Waals surface area contributed by atoms with Crippen molar-refractivity contribution in [1.82, 2.24) is 4.90 Å². The van der Waals surface area contributed by atoms with Crippen LogP contribution in [0.2, 0.25) is 0 Å². The van der Waals surface area contributed by atoms with Crippen LogP contribution in [0.15, 0.2) is 22.4 Å². The topological polar surface area (TPSA) is 69.0 Å². The fraction of sp³-hybridized carbons (Fsp3) is 0.385.